The first-order valence-electron chi connectivity index (χ1n) is 19.3. The first-order chi connectivity index (χ1) is 28.2. The summed E-state index contributed by atoms with van der Waals surface area (Å²) >= 11 is 0. The monoisotopic (exact) mass is 790 g/mol. The van der Waals surface area contributed by atoms with Crippen LogP contribution in [-0.4, -0.2) is 86.6 Å². The lowest BCUT2D eigenvalue weighted by atomic mass is 9.98. The fourth-order valence-electron chi connectivity index (χ4n) is 6.76. The van der Waals surface area contributed by atoms with Crippen LogP contribution in [0.4, 0.5) is 10.5 Å². The van der Waals surface area contributed by atoms with Gasteiger partial charge in [-0.3, -0.25) is 14.4 Å². The van der Waals surface area contributed by atoms with Gasteiger partial charge in [-0.15, -0.1) is 13.2 Å². The maximum absolute atomic E-state index is 13.8. The van der Waals surface area contributed by atoms with E-state index >= 15 is 0 Å². The van der Waals surface area contributed by atoms with Gasteiger partial charge in [0.05, 0.1) is 25.7 Å². The summed E-state index contributed by atoms with van der Waals surface area (Å²) in [7, 11) is 0. The molecule has 304 valence electrons. The Labute approximate surface area is 337 Å². The number of ether oxygens (including phenoxy) is 3. The lowest BCUT2D eigenvalue weighted by Gasteiger charge is -2.23. The highest BCUT2D eigenvalue weighted by Gasteiger charge is 2.32. The number of nitrogens with one attached hydrogen (secondary N) is 4. The van der Waals surface area contributed by atoms with Crippen molar-refractivity contribution in [2.24, 2.45) is 5.92 Å². The Bertz CT molecular complexity index is 2040. The number of fused-ring (bicyclic) bond motifs is 4. The molecule has 0 radical (unpaired) electrons. The normalized spacial score (nSPS) is 13.2. The van der Waals surface area contributed by atoms with Crippen LogP contribution in [-0.2, 0) is 33.4 Å². The molecular formula is C45H50N4O9. The van der Waals surface area contributed by atoms with Crippen molar-refractivity contribution in [1.29, 1.82) is 0 Å². The summed E-state index contributed by atoms with van der Waals surface area (Å²) in [4.78, 5) is 66.9. The van der Waals surface area contributed by atoms with E-state index in [-0.39, 0.29) is 58.2 Å². The molecule has 1 aliphatic carbocycles. The van der Waals surface area contributed by atoms with Crippen molar-refractivity contribution in [3.05, 3.63) is 127 Å². The molecule has 0 aliphatic heterocycles. The summed E-state index contributed by atoms with van der Waals surface area (Å²) in [5.41, 5.74) is 4.67. The van der Waals surface area contributed by atoms with Crippen LogP contribution in [0.2, 0.25) is 0 Å². The van der Waals surface area contributed by atoms with Gasteiger partial charge in [0.2, 0.25) is 11.8 Å². The topological polar surface area (TPSA) is 181 Å². The molecule has 4 aromatic carbocycles. The van der Waals surface area contributed by atoms with E-state index in [9.17, 15) is 24.0 Å². The van der Waals surface area contributed by atoms with Gasteiger partial charge in [0.25, 0.3) is 5.91 Å². The summed E-state index contributed by atoms with van der Waals surface area (Å²) in [6.07, 6.45) is 2.65. The number of aliphatic hydroxyl groups is 1. The largest absolute Gasteiger partial charge is 0.461 e. The van der Waals surface area contributed by atoms with Gasteiger partial charge < -0.3 is 40.6 Å². The van der Waals surface area contributed by atoms with Gasteiger partial charge in [0.15, 0.2) is 0 Å². The quantitative estimate of drug-likeness (QED) is 0.0397. The van der Waals surface area contributed by atoms with Crippen molar-refractivity contribution >= 4 is 46.2 Å². The number of benzene rings is 4. The van der Waals surface area contributed by atoms with E-state index in [0.29, 0.717) is 12.1 Å². The Kier molecular flexibility index (Phi) is 16.1. The first kappa shape index (κ1) is 42.8. The standard InChI is InChI=1S/C45H50N4O9/c1-3-5-19-39(49-45(55)58-28-38-36-17-10-8-15-34(36)35-16-9-11-18-37(35)38)44(54)57-29-40(43(53)47-33-21-20-30-13-6-7-14-31(30)26-33)48-42(52)32(12-4-2)27-41(51)46-22-24-56-25-23-50/h3-4,6-11,13-18,20-21,26,32,38-40,50H,1-2,5,12,19,22-25,27-29H2,(H,46,51)(H,47,53)(H,48,52)(H,49,55)/t32-,39-,40-/m0/s1. The Morgan fingerprint density at radius 3 is 2.14 bits per heavy atom. The molecule has 0 saturated carbocycles. The molecule has 13 heteroatoms. The molecule has 0 bridgehead atoms. The number of hydrogen-bond acceptors (Lipinski definition) is 9. The summed E-state index contributed by atoms with van der Waals surface area (Å²) < 4.78 is 16.5. The van der Waals surface area contributed by atoms with Crippen LogP contribution in [0.3, 0.4) is 0 Å². The molecule has 0 aromatic heterocycles. The van der Waals surface area contributed by atoms with E-state index in [1.54, 1.807) is 18.2 Å². The molecule has 0 saturated heterocycles. The van der Waals surface area contributed by atoms with Crippen molar-refractivity contribution in [3.8, 4) is 11.1 Å². The third-order valence-electron chi connectivity index (χ3n) is 9.68. The molecule has 5 N–H and O–H groups in total. The second-order valence-electron chi connectivity index (χ2n) is 13.7. The third-order valence-corrected chi connectivity index (χ3v) is 9.68. The predicted molar refractivity (Wildman–Crippen MR) is 221 cm³/mol. The number of hydrogen-bond donors (Lipinski definition) is 5. The SMILES string of the molecule is C=CCC[C@H](NC(=O)OCC1c2ccccc2-c2ccccc21)C(=O)OC[C@H](NC(=O)[C@@H](CC=C)CC(=O)NCCOCCO)C(=O)Nc1ccc2ccccc2c1. The Morgan fingerprint density at radius 1 is 0.759 bits per heavy atom. The lowest BCUT2D eigenvalue weighted by molar-refractivity contribution is -0.148. The minimum Gasteiger partial charge on any atom is -0.461 e. The molecule has 0 heterocycles. The Balaban J connectivity index is 1.25. The number of rotatable bonds is 22. The zero-order valence-corrected chi connectivity index (χ0v) is 32.3. The van der Waals surface area contributed by atoms with Gasteiger partial charge >= 0.3 is 12.1 Å². The minimum atomic E-state index is -1.39. The van der Waals surface area contributed by atoms with Gasteiger partial charge in [0.1, 0.15) is 25.3 Å². The Morgan fingerprint density at radius 2 is 1.45 bits per heavy atom. The summed E-state index contributed by atoms with van der Waals surface area (Å²) in [5.74, 6) is -3.68. The molecule has 58 heavy (non-hydrogen) atoms. The van der Waals surface area contributed by atoms with Crippen LogP contribution in [0.15, 0.2) is 116 Å². The van der Waals surface area contributed by atoms with Crippen LogP contribution in [0.25, 0.3) is 21.9 Å². The van der Waals surface area contributed by atoms with E-state index in [1.165, 1.54) is 6.08 Å². The number of aliphatic hydroxyl groups excluding tert-OH is 1. The number of carbonyl (C=O) groups excluding carboxylic acids is 5. The molecule has 0 unspecified atom stereocenters. The fourth-order valence-corrected chi connectivity index (χ4v) is 6.76. The molecule has 5 rings (SSSR count). The van der Waals surface area contributed by atoms with Gasteiger partial charge in [0, 0.05) is 24.6 Å². The summed E-state index contributed by atoms with van der Waals surface area (Å²) in [6, 6.07) is 26.2. The predicted octanol–water partition coefficient (Wildman–Crippen LogP) is 5.39. The molecule has 3 atom stereocenters. The van der Waals surface area contributed by atoms with Crippen molar-refractivity contribution < 1.29 is 43.3 Å². The summed E-state index contributed by atoms with van der Waals surface area (Å²) in [6.45, 7) is 7.21. The number of carbonyl (C=O) groups is 5. The van der Waals surface area contributed by atoms with Crippen molar-refractivity contribution in [2.75, 3.05) is 44.9 Å². The zero-order chi connectivity index (χ0) is 41.3. The van der Waals surface area contributed by atoms with Gasteiger partial charge in [-0.25, -0.2) is 9.59 Å². The van der Waals surface area contributed by atoms with Crippen LogP contribution in [0, 0.1) is 5.92 Å². The molecule has 4 amide bonds. The van der Waals surface area contributed by atoms with Gasteiger partial charge in [-0.2, -0.15) is 0 Å². The average molecular weight is 791 g/mol. The smallest absolute Gasteiger partial charge is 0.407 e. The Hall–Kier alpha value is -6.31. The second kappa shape index (κ2) is 21.8. The molecule has 0 fully saturated rings. The van der Waals surface area contributed by atoms with Crippen LogP contribution in [0.1, 0.15) is 42.7 Å². The van der Waals surface area contributed by atoms with E-state index in [4.69, 9.17) is 19.3 Å². The molecule has 0 spiro atoms. The minimum absolute atomic E-state index is 0.0352. The molecular weight excluding hydrogens is 741 g/mol. The highest BCUT2D eigenvalue weighted by atomic mass is 16.6. The maximum Gasteiger partial charge on any atom is 0.407 e. The van der Waals surface area contributed by atoms with E-state index in [2.05, 4.69) is 34.4 Å². The average Bonchev–Trinajstić information content (AvgIpc) is 3.55. The third kappa shape index (κ3) is 11.9. The highest BCUT2D eigenvalue weighted by molar-refractivity contribution is 6.00. The first-order valence-corrected chi connectivity index (χ1v) is 19.3. The second-order valence-corrected chi connectivity index (χ2v) is 13.7. The lowest BCUT2D eigenvalue weighted by Crippen LogP contribution is -2.50. The van der Waals surface area contributed by atoms with Crippen LogP contribution >= 0.6 is 0 Å². The molecule has 4 aromatic rings. The number of amides is 4. The van der Waals surface area contributed by atoms with Gasteiger partial charge in [-0.1, -0.05) is 91.0 Å². The zero-order valence-electron chi connectivity index (χ0n) is 32.3. The van der Waals surface area contributed by atoms with Gasteiger partial charge in [-0.05, 0) is 64.4 Å². The van der Waals surface area contributed by atoms with E-state index in [0.717, 1.165) is 33.0 Å². The van der Waals surface area contributed by atoms with Crippen LogP contribution < -0.4 is 21.3 Å². The van der Waals surface area contributed by atoms with Crippen molar-refractivity contribution in [3.63, 3.8) is 0 Å². The highest BCUT2D eigenvalue weighted by Crippen LogP contribution is 2.44. The molecule has 1 aliphatic rings. The van der Waals surface area contributed by atoms with E-state index in [1.807, 2.05) is 78.9 Å². The molecule has 13 nitrogen and oxygen atoms in total. The van der Waals surface area contributed by atoms with E-state index < -0.39 is 54.4 Å². The van der Waals surface area contributed by atoms with Crippen molar-refractivity contribution in [1.82, 2.24) is 16.0 Å². The number of allylic oxidation sites excluding steroid dienone is 2. The summed E-state index contributed by atoms with van der Waals surface area (Å²) in [5, 5.41) is 21.4. The van der Waals surface area contributed by atoms with Crippen LogP contribution in [0.5, 0.6) is 0 Å². The fraction of sp³-hybridized carbons (Fsp3) is 0.311. The number of esters is 1. The maximum atomic E-state index is 13.8. The number of alkyl carbamates (subject to hydrolysis) is 1. The van der Waals surface area contributed by atoms with Crippen molar-refractivity contribution in [2.45, 2.75) is 43.7 Å². The number of anilines is 1.